The maximum Gasteiger partial charge on any atom is 0.328 e. The number of methoxy groups -OCH3 is 1. The highest BCUT2D eigenvalue weighted by Crippen LogP contribution is 2.22. The Hall–Kier alpha value is -4.26. The van der Waals surface area contributed by atoms with Gasteiger partial charge in [-0.2, -0.15) is 0 Å². The van der Waals surface area contributed by atoms with E-state index in [2.05, 4.69) is 67.4 Å². The number of hydrogen-bond acceptors (Lipinski definition) is 9. The number of hydrogen-bond donors (Lipinski definition) is 4. The maximum atomic E-state index is 12.7. The third-order valence-corrected chi connectivity index (χ3v) is 8.34. The van der Waals surface area contributed by atoms with Crippen molar-refractivity contribution in [2.45, 2.75) is 85.7 Å². The summed E-state index contributed by atoms with van der Waals surface area (Å²) in [6.45, 7) is 17.1. The Morgan fingerprint density at radius 1 is 0.925 bits per heavy atom. The lowest BCUT2D eigenvalue weighted by Gasteiger charge is -2.23. The molecule has 12 nitrogen and oxygen atoms in total. The molecule has 4 N–H and O–H groups in total. The molecule has 0 unspecified atom stereocenters. The molecule has 3 aromatic rings. The number of benzene rings is 2. The molecule has 1 aromatic heterocycles. The summed E-state index contributed by atoms with van der Waals surface area (Å²) in [7, 11) is 1.25. The van der Waals surface area contributed by atoms with Crippen LogP contribution >= 0.6 is 12.4 Å². The Morgan fingerprint density at radius 2 is 1.58 bits per heavy atom. The predicted octanol–water partition coefficient (Wildman–Crippen LogP) is 5.66. The van der Waals surface area contributed by atoms with E-state index in [4.69, 9.17) is 14.6 Å². The van der Waals surface area contributed by atoms with E-state index >= 15 is 0 Å². The molecule has 0 saturated carbocycles. The fourth-order valence-electron chi connectivity index (χ4n) is 5.21. The number of pyridine rings is 1. The van der Waals surface area contributed by atoms with Gasteiger partial charge in [-0.3, -0.25) is 14.4 Å². The zero-order chi connectivity index (χ0) is 38.5. The van der Waals surface area contributed by atoms with Gasteiger partial charge in [0.25, 0.3) is 5.91 Å². The lowest BCUT2D eigenvalue weighted by atomic mass is 9.92. The quantitative estimate of drug-likeness (QED) is 0.0837. The van der Waals surface area contributed by atoms with Gasteiger partial charge >= 0.3 is 11.9 Å². The molecule has 13 heteroatoms. The van der Waals surface area contributed by atoms with Crippen molar-refractivity contribution in [1.82, 2.24) is 25.8 Å². The number of likely N-dealkylation sites (N-methyl/N-ethyl adjacent to an activating group) is 1. The fourth-order valence-corrected chi connectivity index (χ4v) is 5.21. The summed E-state index contributed by atoms with van der Waals surface area (Å²) >= 11 is 0. The summed E-state index contributed by atoms with van der Waals surface area (Å²) in [6, 6.07) is 16.9. The van der Waals surface area contributed by atoms with Crippen molar-refractivity contribution < 1.29 is 33.8 Å². The zero-order valence-electron chi connectivity index (χ0n) is 32.4. The Kier molecular flexibility index (Phi) is 22.0. The minimum atomic E-state index is -1.09. The first-order valence-corrected chi connectivity index (χ1v) is 18.2. The number of carboxylic acids is 1. The highest BCUT2D eigenvalue weighted by Gasteiger charge is 2.28. The molecule has 0 spiro atoms. The first-order valence-electron chi connectivity index (χ1n) is 18.2. The van der Waals surface area contributed by atoms with Crippen molar-refractivity contribution in [3.63, 3.8) is 0 Å². The number of nitrogens with one attached hydrogen (secondary N) is 3. The Balaban J connectivity index is 0.000000521. The summed E-state index contributed by atoms with van der Waals surface area (Å²) < 4.78 is 10.5. The lowest BCUT2D eigenvalue weighted by molar-refractivity contribution is -0.145. The summed E-state index contributed by atoms with van der Waals surface area (Å²) in [5, 5.41) is 18.6. The molecule has 2 amide bonds. The van der Waals surface area contributed by atoms with Gasteiger partial charge in [-0.25, -0.2) is 9.78 Å². The van der Waals surface area contributed by atoms with Gasteiger partial charge in [-0.1, -0.05) is 96.5 Å². The standard InChI is InChI=1S/C20H29N3O2.C20H30N2O5.ClH/c1-4-7-14-25-19-15-17(16-10-8-9-11-18(16)22-19)20(24)21-12-13-23(5-2)6-3;1-20(2,3)10-11-21-15(13-17(23)24)18(25)22-16(19(26)27-4)12-14-8-6-5-7-9-14;/h8-11,15H,4-7,12-14H2,1-3H3,(H,21,24);5-9,15-16,21H,10-13H2,1-4H3,(H,22,25)(H,23,24);1H/t;15-,16-;/m.0./s1. The van der Waals surface area contributed by atoms with Crippen LogP contribution in [-0.4, -0.2) is 97.3 Å². The van der Waals surface area contributed by atoms with Crippen LogP contribution in [0.3, 0.4) is 0 Å². The highest BCUT2D eigenvalue weighted by molar-refractivity contribution is 6.06. The van der Waals surface area contributed by atoms with Crippen molar-refractivity contribution in [2.24, 2.45) is 5.41 Å². The molecule has 1 heterocycles. The molecule has 0 radical (unpaired) electrons. The summed E-state index contributed by atoms with van der Waals surface area (Å²) in [4.78, 5) is 55.3. The van der Waals surface area contributed by atoms with E-state index in [1.54, 1.807) is 6.07 Å². The minimum absolute atomic E-state index is 0. The third-order valence-electron chi connectivity index (χ3n) is 8.34. The SMILES string of the molecule is CCCCOc1cc(C(=O)NCCN(CC)CC)c2ccccc2n1.COC(=O)[C@H](Cc1ccccc1)NC(=O)[C@H](CC(=O)O)NCCC(C)(C)C.Cl. The van der Waals surface area contributed by atoms with Gasteiger partial charge in [0, 0.05) is 31.0 Å². The average molecular weight is 758 g/mol. The van der Waals surface area contributed by atoms with E-state index in [0.29, 0.717) is 31.1 Å². The molecule has 3 rings (SSSR count). The number of rotatable bonds is 20. The predicted molar refractivity (Wildman–Crippen MR) is 212 cm³/mol. The van der Waals surface area contributed by atoms with Crippen molar-refractivity contribution in [3.8, 4) is 5.88 Å². The van der Waals surface area contributed by atoms with Gasteiger partial charge < -0.3 is 35.4 Å². The molecular weight excluding hydrogens is 698 g/mol. The summed E-state index contributed by atoms with van der Waals surface area (Å²) in [6.07, 6.45) is 2.71. The number of amides is 2. The largest absolute Gasteiger partial charge is 0.481 e. The first kappa shape index (κ1) is 46.8. The van der Waals surface area contributed by atoms with E-state index in [1.165, 1.54) is 7.11 Å². The molecule has 294 valence electrons. The Morgan fingerprint density at radius 3 is 2.19 bits per heavy atom. The number of carboxylic acid groups (broad SMARTS) is 1. The molecule has 0 saturated heterocycles. The smallest absolute Gasteiger partial charge is 0.328 e. The molecule has 2 atom stereocenters. The second kappa shape index (κ2) is 24.9. The van der Waals surface area contributed by atoms with Crippen LogP contribution in [0.1, 0.15) is 83.1 Å². The number of aromatic nitrogens is 1. The van der Waals surface area contributed by atoms with Gasteiger partial charge in [-0.05, 0) is 49.5 Å². The van der Waals surface area contributed by atoms with E-state index in [9.17, 15) is 19.2 Å². The normalized spacial score (nSPS) is 12.1. The number of carbonyl (C=O) groups is 4. The van der Waals surface area contributed by atoms with Gasteiger partial charge in [-0.15, -0.1) is 12.4 Å². The van der Waals surface area contributed by atoms with Crippen LogP contribution in [-0.2, 0) is 25.5 Å². The topological polar surface area (TPSA) is 159 Å². The number of fused-ring (bicyclic) bond motifs is 1. The van der Waals surface area contributed by atoms with E-state index in [-0.39, 0.29) is 36.6 Å². The number of ether oxygens (including phenoxy) is 2. The van der Waals surface area contributed by atoms with E-state index in [1.807, 2.05) is 54.6 Å². The summed E-state index contributed by atoms with van der Waals surface area (Å²) in [5.41, 5.74) is 2.32. The second-order valence-corrected chi connectivity index (χ2v) is 13.7. The Labute approximate surface area is 321 Å². The van der Waals surface area contributed by atoms with Crippen LogP contribution < -0.4 is 20.7 Å². The lowest BCUT2D eigenvalue weighted by Crippen LogP contribution is -2.52. The number of nitrogens with zero attached hydrogens (tertiary/aromatic N) is 2. The van der Waals surface area contributed by atoms with Crippen LogP contribution in [0.15, 0.2) is 60.7 Å². The van der Waals surface area contributed by atoms with Crippen molar-refractivity contribution in [3.05, 3.63) is 71.8 Å². The maximum absolute atomic E-state index is 12.7. The number of unbranched alkanes of at least 4 members (excludes halogenated alkanes) is 1. The van der Waals surface area contributed by atoms with Gasteiger partial charge in [0.05, 0.1) is 37.3 Å². The van der Waals surface area contributed by atoms with Gasteiger partial charge in [0.15, 0.2) is 0 Å². The molecule has 0 fully saturated rings. The number of aliphatic carboxylic acids is 1. The van der Waals surface area contributed by atoms with Gasteiger partial charge in [0.2, 0.25) is 11.8 Å². The molecule has 53 heavy (non-hydrogen) atoms. The van der Waals surface area contributed by atoms with E-state index in [0.717, 1.165) is 55.4 Å². The van der Waals surface area contributed by atoms with Crippen LogP contribution in [0.25, 0.3) is 10.9 Å². The van der Waals surface area contributed by atoms with Crippen molar-refractivity contribution in [2.75, 3.05) is 46.4 Å². The number of esters is 1. The zero-order valence-corrected chi connectivity index (χ0v) is 33.2. The monoisotopic (exact) mass is 757 g/mol. The van der Waals surface area contributed by atoms with E-state index < -0.39 is 29.9 Å². The first-order chi connectivity index (χ1) is 24.8. The van der Waals surface area contributed by atoms with Crippen LogP contribution in [0.4, 0.5) is 0 Å². The minimum Gasteiger partial charge on any atom is -0.481 e. The molecule has 0 aliphatic rings. The number of para-hydroxylation sites is 1. The van der Waals surface area contributed by atoms with Crippen molar-refractivity contribution >= 4 is 47.1 Å². The molecule has 0 aliphatic carbocycles. The molecule has 0 bridgehead atoms. The van der Waals surface area contributed by atoms with Crippen LogP contribution in [0, 0.1) is 5.41 Å². The number of halogens is 1. The summed E-state index contributed by atoms with van der Waals surface area (Å²) in [5.74, 6) is -1.75. The highest BCUT2D eigenvalue weighted by atomic mass is 35.5. The third kappa shape index (κ3) is 17.9. The Bertz CT molecular complexity index is 1550. The number of carbonyl (C=O) groups excluding carboxylic acids is 3. The van der Waals surface area contributed by atoms with Crippen LogP contribution in [0.5, 0.6) is 5.88 Å². The van der Waals surface area contributed by atoms with Crippen LogP contribution in [0.2, 0.25) is 0 Å². The fraction of sp³-hybridized carbons (Fsp3) is 0.525. The average Bonchev–Trinajstić information content (AvgIpc) is 3.12. The molecule has 0 aliphatic heterocycles. The molecule has 2 aromatic carbocycles. The van der Waals surface area contributed by atoms with Gasteiger partial charge in [0.1, 0.15) is 6.04 Å². The molecular formula is C40H60ClN5O7. The second-order valence-electron chi connectivity index (χ2n) is 13.7. The van der Waals surface area contributed by atoms with Crippen molar-refractivity contribution in [1.29, 1.82) is 0 Å².